The summed E-state index contributed by atoms with van der Waals surface area (Å²) in [5.41, 5.74) is 6.63. The number of thiophene rings is 1. The summed E-state index contributed by atoms with van der Waals surface area (Å²) in [6.45, 7) is 6.06. The summed E-state index contributed by atoms with van der Waals surface area (Å²) in [6.07, 6.45) is 2.93. The smallest absolute Gasteiger partial charge is 0.126 e. The van der Waals surface area contributed by atoms with Gasteiger partial charge in [0.1, 0.15) is 5.82 Å². The quantitative estimate of drug-likeness (QED) is 0.859. The van der Waals surface area contributed by atoms with E-state index in [2.05, 4.69) is 29.0 Å². The average molecular weight is 235 g/mol. The lowest BCUT2D eigenvalue weighted by Gasteiger charge is -2.14. The van der Waals surface area contributed by atoms with E-state index in [9.17, 15) is 0 Å². The van der Waals surface area contributed by atoms with Crippen LogP contribution in [-0.2, 0) is 12.0 Å². The predicted molar refractivity (Wildman–Crippen MR) is 68.5 cm³/mol. The first kappa shape index (κ1) is 11.4. The fourth-order valence-electron chi connectivity index (χ4n) is 1.49. The van der Waals surface area contributed by atoms with Crippen molar-refractivity contribution in [3.05, 3.63) is 29.0 Å². The van der Waals surface area contributed by atoms with Crippen LogP contribution in [0, 0.1) is 0 Å². The maximum Gasteiger partial charge on any atom is 0.126 e. The second-order valence-electron chi connectivity index (χ2n) is 4.49. The number of aromatic amines is 1. The van der Waals surface area contributed by atoms with Crippen molar-refractivity contribution in [1.82, 2.24) is 9.97 Å². The molecule has 3 N–H and O–H groups in total. The number of hydrogen-bond donors (Lipinski definition) is 2. The highest BCUT2D eigenvalue weighted by Gasteiger charge is 2.18. The van der Waals surface area contributed by atoms with Gasteiger partial charge in [0.05, 0.1) is 22.3 Å². The summed E-state index contributed by atoms with van der Waals surface area (Å²) in [7, 11) is 0. The molecule has 0 fully saturated rings. The Morgan fingerprint density at radius 1 is 1.44 bits per heavy atom. The molecule has 0 saturated carbocycles. The van der Waals surface area contributed by atoms with Crippen molar-refractivity contribution < 1.29 is 0 Å². The molecule has 0 aliphatic carbocycles. The van der Waals surface area contributed by atoms with Crippen LogP contribution in [0.5, 0.6) is 0 Å². The molecule has 0 radical (unpaired) electrons. The van der Waals surface area contributed by atoms with Gasteiger partial charge >= 0.3 is 0 Å². The maximum absolute atomic E-state index is 5.99. The first-order valence-electron chi connectivity index (χ1n) is 5.44. The molecule has 0 spiro atoms. The van der Waals surface area contributed by atoms with Gasteiger partial charge in [-0.3, -0.25) is 0 Å². The molecular formula is C12H17N3S. The zero-order chi connectivity index (χ0) is 11.8. The third-order valence-electron chi connectivity index (χ3n) is 2.46. The van der Waals surface area contributed by atoms with E-state index in [0.717, 1.165) is 17.9 Å². The molecule has 0 aliphatic heterocycles. The molecule has 3 nitrogen and oxygen atoms in total. The molecule has 0 bridgehead atoms. The van der Waals surface area contributed by atoms with E-state index in [1.807, 2.05) is 20.0 Å². The van der Waals surface area contributed by atoms with Crippen LogP contribution in [0.15, 0.2) is 18.3 Å². The Bertz CT molecular complexity index is 476. The minimum atomic E-state index is -0.414. The summed E-state index contributed by atoms with van der Waals surface area (Å²) in [6, 6.07) is 4.29. The van der Waals surface area contributed by atoms with Crippen molar-refractivity contribution in [1.29, 1.82) is 0 Å². The number of nitrogens with one attached hydrogen (secondary N) is 1. The van der Waals surface area contributed by atoms with Crippen LogP contribution in [0.4, 0.5) is 0 Å². The van der Waals surface area contributed by atoms with Gasteiger partial charge in [0.15, 0.2) is 0 Å². The molecular weight excluding hydrogens is 218 g/mol. The molecule has 4 heteroatoms. The molecule has 2 rings (SSSR count). The Morgan fingerprint density at radius 2 is 2.19 bits per heavy atom. The summed E-state index contributed by atoms with van der Waals surface area (Å²) < 4.78 is 0. The summed E-state index contributed by atoms with van der Waals surface area (Å²) in [5, 5.41) is 0. The molecule has 86 valence electrons. The number of imidazole rings is 1. The van der Waals surface area contributed by atoms with E-state index in [-0.39, 0.29) is 0 Å². The molecule has 16 heavy (non-hydrogen) atoms. The van der Waals surface area contributed by atoms with E-state index < -0.39 is 5.54 Å². The number of nitrogens with zero attached hydrogens (tertiary/aromatic N) is 1. The van der Waals surface area contributed by atoms with Crippen LogP contribution in [0.3, 0.4) is 0 Å². The Balaban J connectivity index is 2.31. The Kier molecular flexibility index (Phi) is 2.86. The van der Waals surface area contributed by atoms with E-state index in [0.29, 0.717) is 0 Å². The van der Waals surface area contributed by atoms with E-state index >= 15 is 0 Å². The van der Waals surface area contributed by atoms with Crippen molar-refractivity contribution in [2.45, 2.75) is 32.7 Å². The van der Waals surface area contributed by atoms with Gasteiger partial charge in [0, 0.05) is 4.88 Å². The third kappa shape index (κ3) is 2.18. The molecule has 0 unspecified atom stereocenters. The largest absolute Gasteiger partial charge is 0.340 e. The van der Waals surface area contributed by atoms with Gasteiger partial charge in [-0.1, -0.05) is 6.92 Å². The summed E-state index contributed by atoms with van der Waals surface area (Å²) >= 11 is 1.80. The van der Waals surface area contributed by atoms with Crippen molar-refractivity contribution >= 4 is 11.3 Å². The first-order valence-corrected chi connectivity index (χ1v) is 6.26. The number of rotatable bonds is 3. The van der Waals surface area contributed by atoms with Gasteiger partial charge in [-0.25, -0.2) is 4.98 Å². The number of nitrogens with two attached hydrogens (primary N) is 1. The van der Waals surface area contributed by atoms with Crippen LogP contribution in [0.2, 0.25) is 0 Å². The van der Waals surface area contributed by atoms with Gasteiger partial charge in [-0.05, 0) is 32.4 Å². The monoisotopic (exact) mass is 235 g/mol. The lowest BCUT2D eigenvalue weighted by molar-refractivity contribution is 0.520. The molecule has 0 aromatic carbocycles. The van der Waals surface area contributed by atoms with Gasteiger partial charge < -0.3 is 10.7 Å². The van der Waals surface area contributed by atoms with Crippen LogP contribution in [0.1, 0.15) is 31.5 Å². The standard InChI is InChI=1S/C12H17N3S/c1-4-8-5-6-10(16-8)9-7-14-11(15-9)12(2,3)13/h5-7H,4,13H2,1-3H3,(H,14,15). The summed E-state index contributed by atoms with van der Waals surface area (Å²) in [5.74, 6) is 0.828. The molecule has 0 aliphatic rings. The Hall–Kier alpha value is -1.13. The van der Waals surface area contributed by atoms with Crippen LogP contribution in [0.25, 0.3) is 10.6 Å². The normalized spacial score (nSPS) is 12.0. The number of aromatic nitrogens is 2. The number of H-pyrrole nitrogens is 1. The minimum Gasteiger partial charge on any atom is -0.340 e. The predicted octanol–water partition coefficient (Wildman–Crippen LogP) is 2.89. The van der Waals surface area contributed by atoms with Crippen molar-refractivity contribution in [3.8, 4) is 10.6 Å². The zero-order valence-corrected chi connectivity index (χ0v) is 10.7. The zero-order valence-electron chi connectivity index (χ0n) is 9.87. The molecule has 2 aromatic heterocycles. The lowest BCUT2D eigenvalue weighted by atomic mass is 10.1. The van der Waals surface area contributed by atoms with Crippen molar-refractivity contribution in [2.24, 2.45) is 5.73 Å². The van der Waals surface area contributed by atoms with E-state index in [1.165, 1.54) is 9.75 Å². The topological polar surface area (TPSA) is 54.7 Å². The van der Waals surface area contributed by atoms with Gasteiger partial charge in [0.2, 0.25) is 0 Å². The maximum atomic E-state index is 5.99. The molecule has 0 saturated heterocycles. The third-order valence-corrected chi connectivity index (χ3v) is 3.72. The highest BCUT2D eigenvalue weighted by molar-refractivity contribution is 7.15. The van der Waals surface area contributed by atoms with Gasteiger partial charge in [-0.2, -0.15) is 0 Å². The second kappa shape index (κ2) is 4.03. The number of aryl methyl sites for hydroxylation is 1. The van der Waals surface area contributed by atoms with Crippen LogP contribution >= 0.6 is 11.3 Å². The van der Waals surface area contributed by atoms with E-state index in [4.69, 9.17) is 5.73 Å². The lowest BCUT2D eigenvalue weighted by Crippen LogP contribution is -2.30. The highest BCUT2D eigenvalue weighted by atomic mass is 32.1. The molecule has 0 atom stereocenters. The minimum absolute atomic E-state index is 0.414. The summed E-state index contributed by atoms with van der Waals surface area (Å²) in [4.78, 5) is 10.2. The fraction of sp³-hybridized carbons (Fsp3) is 0.417. The molecule has 2 aromatic rings. The second-order valence-corrected chi connectivity index (χ2v) is 5.66. The number of hydrogen-bond acceptors (Lipinski definition) is 3. The average Bonchev–Trinajstić information content (AvgIpc) is 2.85. The van der Waals surface area contributed by atoms with Gasteiger partial charge in [0.25, 0.3) is 0 Å². The van der Waals surface area contributed by atoms with Crippen LogP contribution in [-0.4, -0.2) is 9.97 Å². The van der Waals surface area contributed by atoms with E-state index in [1.54, 1.807) is 11.3 Å². The van der Waals surface area contributed by atoms with Crippen LogP contribution < -0.4 is 5.73 Å². The van der Waals surface area contributed by atoms with Crippen molar-refractivity contribution in [3.63, 3.8) is 0 Å². The molecule has 2 heterocycles. The first-order chi connectivity index (χ1) is 7.50. The van der Waals surface area contributed by atoms with Crippen molar-refractivity contribution in [2.75, 3.05) is 0 Å². The fourth-order valence-corrected chi connectivity index (χ4v) is 2.40. The highest BCUT2D eigenvalue weighted by Crippen LogP contribution is 2.28. The Morgan fingerprint density at radius 3 is 2.69 bits per heavy atom. The van der Waals surface area contributed by atoms with Gasteiger partial charge in [-0.15, -0.1) is 11.3 Å². The SMILES string of the molecule is CCc1ccc(-c2cnc(C(C)(C)N)[nH]2)s1. The Labute approximate surface area is 99.7 Å². The molecule has 0 amide bonds.